The SMILES string of the molecule is Nc1cnn(CCOc2cc(Br)cc(F)c2F)c1. The lowest BCUT2D eigenvalue weighted by molar-refractivity contribution is 0.273. The summed E-state index contributed by atoms with van der Waals surface area (Å²) in [4.78, 5) is 0. The normalized spacial score (nSPS) is 10.6. The lowest BCUT2D eigenvalue weighted by Crippen LogP contribution is -2.09. The minimum atomic E-state index is -1.00. The Morgan fingerprint density at radius 3 is 2.83 bits per heavy atom. The van der Waals surface area contributed by atoms with Gasteiger partial charge < -0.3 is 10.5 Å². The van der Waals surface area contributed by atoms with Crippen LogP contribution in [0.4, 0.5) is 14.5 Å². The fourth-order valence-corrected chi connectivity index (χ4v) is 1.80. The van der Waals surface area contributed by atoms with E-state index < -0.39 is 11.6 Å². The highest BCUT2D eigenvalue weighted by molar-refractivity contribution is 9.10. The molecule has 1 aromatic carbocycles. The van der Waals surface area contributed by atoms with Crippen molar-refractivity contribution < 1.29 is 13.5 Å². The van der Waals surface area contributed by atoms with Gasteiger partial charge in [-0.2, -0.15) is 9.49 Å². The van der Waals surface area contributed by atoms with Gasteiger partial charge >= 0.3 is 0 Å². The Labute approximate surface area is 110 Å². The smallest absolute Gasteiger partial charge is 0.200 e. The number of hydrogen-bond donors (Lipinski definition) is 1. The Morgan fingerprint density at radius 1 is 1.39 bits per heavy atom. The molecule has 1 heterocycles. The Hall–Kier alpha value is -1.63. The monoisotopic (exact) mass is 317 g/mol. The maximum absolute atomic E-state index is 13.3. The van der Waals surface area contributed by atoms with Gasteiger partial charge in [-0.3, -0.25) is 4.68 Å². The molecule has 2 rings (SSSR count). The van der Waals surface area contributed by atoms with Crippen LogP contribution in [-0.2, 0) is 6.54 Å². The van der Waals surface area contributed by atoms with Crippen molar-refractivity contribution in [3.05, 3.63) is 40.6 Å². The quantitative estimate of drug-likeness (QED) is 0.882. The highest BCUT2D eigenvalue weighted by Crippen LogP contribution is 2.25. The third-order valence-electron chi connectivity index (χ3n) is 2.19. The Morgan fingerprint density at radius 2 is 2.17 bits per heavy atom. The first-order chi connectivity index (χ1) is 8.56. The van der Waals surface area contributed by atoms with Gasteiger partial charge in [-0.15, -0.1) is 0 Å². The number of hydrogen-bond acceptors (Lipinski definition) is 3. The Kier molecular flexibility index (Phi) is 3.81. The van der Waals surface area contributed by atoms with Crippen molar-refractivity contribution in [2.24, 2.45) is 0 Å². The highest BCUT2D eigenvalue weighted by atomic mass is 79.9. The fourth-order valence-electron chi connectivity index (χ4n) is 1.39. The lowest BCUT2D eigenvalue weighted by Gasteiger charge is -2.08. The topological polar surface area (TPSA) is 53.1 Å². The standard InChI is InChI=1S/C11H10BrF2N3O/c12-7-3-9(13)11(14)10(4-7)18-2-1-17-6-8(15)5-16-17/h3-6H,1-2,15H2. The zero-order chi connectivity index (χ0) is 13.1. The number of nitrogens with zero attached hydrogens (tertiary/aromatic N) is 2. The Balaban J connectivity index is 1.98. The van der Waals surface area contributed by atoms with Crippen LogP contribution in [0.5, 0.6) is 5.75 Å². The molecule has 0 bridgehead atoms. The summed E-state index contributed by atoms with van der Waals surface area (Å²) in [6, 6.07) is 2.41. The summed E-state index contributed by atoms with van der Waals surface area (Å²) in [7, 11) is 0. The first-order valence-electron chi connectivity index (χ1n) is 5.11. The number of rotatable bonds is 4. The van der Waals surface area contributed by atoms with Gasteiger partial charge in [0.05, 0.1) is 18.4 Å². The summed E-state index contributed by atoms with van der Waals surface area (Å²) < 4.78 is 33.6. The van der Waals surface area contributed by atoms with Crippen LogP contribution in [-0.4, -0.2) is 16.4 Å². The van der Waals surface area contributed by atoms with Gasteiger partial charge in [-0.25, -0.2) is 4.39 Å². The maximum atomic E-state index is 13.3. The second-order valence-corrected chi connectivity index (χ2v) is 4.50. The van der Waals surface area contributed by atoms with Crippen LogP contribution in [0.3, 0.4) is 0 Å². The van der Waals surface area contributed by atoms with E-state index in [1.54, 1.807) is 10.9 Å². The predicted octanol–water partition coefficient (Wildman–Crippen LogP) is 2.58. The average molecular weight is 318 g/mol. The molecule has 0 amide bonds. The van der Waals surface area contributed by atoms with E-state index >= 15 is 0 Å². The van der Waals surface area contributed by atoms with Gasteiger partial charge in [-0.1, -0.05) is 15.9 Å². The van der Waals surface area contributed by atoms with Crippen LogP contribution in [0.2, 0.25) is 0 Å². The van der Waals surface area contributed by atoms with Crippen molar-refractivity contribution in [2.45, 2.75) is 6.54 Å². The third-order valence-corrected chi connectivity index (χ3v) is 2.65. The van der Waals surface area contributed by atoms with Crippen LogP contribution >= 0.6 is 15.9 Å². The number of ether oxygens (including phenoxy) is 1. The molecule has 2 N–H and O–H groups in total. The van der Waals surface area contributed by atoms with Crippen LogP contribution in [0.1, 0.15) is 0 Å². The van der Waals surface area contributed by atoms with Crippen molar-refractivity contribution in [3.63, 3.8) is 0 Å². The van der Waals surface area contributed by atoms with Gasteiger partial charge in [-0.05, 0) is 12.1 Å². The largest absolute Gasteiger partial charge is 0.488 e. The van der Waals surface area contributed by atoms with Crippen molar-refractivity contribution in [1.29, 1.82) is 0 Å². The maximum Gasteiger partial charge on any atom is 0.200 e. The molecule has 0 aliphatic carbocycles. The molecule has 7 heteroatoms. The van der Waals surface area contributed by atoms with Gasteiger partial charge in [0.25, 0.3) is 0 Å². The molecule has 0 saturated heterocycles. The zero-order valence-electron chi connectivity index (χ0n) is 9.24. The number of nitrogen functional groups attached to an aromatic ring is 1. The molecular weight excluding hydrogens is 308 g/mol. The molecule has 4 nitrogen and oxygen atoms in total. The molecule has 1 aromatic heterocycles. The second-order valence-electron chi connectivity index (χ2n) is 3.58. The summed E-state index contributed by atoms with van der Waals surface area (Å²) in [5, 5.41) is 3.94. The molecule has 0 aliphatic heterocycles. The average Bonchev–Trinajstić information content (AvgIpc) is 2.71. The van der Waals surface area contributed by atoms with Crippen LogP contribution in [0.25, 0.3) is 0 Å². The molecular formula is C11H10BrF2N3O. The molecule has 18 heavy (non-hydrogen) atoms. The lowest BCUT2D eigenvalue weighted by atomic mass is 10.3. The molecule has 0 saturated carbocycles. The fraction of sp³-hybridized carbons (Fsp3) is 0.182. The summed E-state index contributed by atoms with van der Waals surface area (Å²) >= 11 is 3.07. The van der Waals surface area contributed by atoms with Crippen molar-refractivity contribution in [2.75, 3.05) is 12.3 Å². The molecule has 96 valence electrons. The molecule has 0 spiro atoms. The minimum absolute atomic E-state index is 0.137. The first-order valence-corrected chi connectivity index (χ1v) is 5.91. The van der Waals surface area contributed by atoms with E-state index in [1.165, 1.54) is 12.3 Å². The van der Waals surface area contributed by atoms with Gasteiger partial charge in [0, 0.05) is 10.7 Å². The first kappa shape index (κ1) is 12.8. The van der Waals surface area contributed by atoms with E-state index in [2.05, 4.69) is 21.0 Å². The summed E-state index contributed by atoms with van der Waals surface area (Å²) in [6.07, 6.45) is 3.13. The summed E-state index contributed by atoms with van der Waals surface area (Å²) in [6.45, 7) is 0.554. The van der Waals surface area contributed by atoms with E-state index in [0.717, 1.165) is 6.07 Å². The van der Waals surface area contributed by atoms with Crippen molar-refractivity contribution in [1.82, 2.24) is 9.78 Å². The van der Waals surface area contributed by atoms with Crippen molar-refractivity contribution >= 4 is 21.6 Å². The molecule has 0 fully saturated rings. The van der Waals surface area contributed by atoms with Gasteiger partial charge in [0.15, 0.2) is 11.6 Å². The zero-order valence-corrected chi connectivity index (χ0v) is 10.8. The van der Waals surface area contributed by atoms with Gasteiger partial charge in [0.1, 0.15) is 6.61 Å². The number of anilines is 1. The van der Waals surface area contributed by atoms with E-state index in [4.69, 9.17) is 10.5 Å². The number of benzene rings is 1. The van der Waals surface area contributed by atoms with E-state index in [0.29, 0.717) is 16.7 Å². The summed E-state index contributed by atoms with van der Waals surface area (Å²) in [5.74, 6) is -2.09. The molecule has 0 aliphatic rings. The van der Waals surface area contributed by atoms with Crippen LogP contribution in [0, 0.1) is 11.6 Å². The predicted molar refractivity (Wildman–Crippen MR) is 66.2 cm³/mol. The van der Waals surface area contributed by atoms with Crippen molar-refractivity contribution in [3.8, 4) is 5.75 Å². The summed E-state index contributed by atoms with van der Waals surface area (Å²) in [5.41, 5.74) is 6.02. The number of nitrogens with two attached hydrogens (primary N) is 1. The number of aromatic nitrogens is 2. The number of halogens is 3. The van der Waals surface area contributed by atoms with Gasteiger partial charge in [0.2, 0.25) is 5.82 Å². The van der Waals surface area contributed by atoms with Crippen LogP contribution in [0.15, 0.2) is 29.0 Å². The van der Waals surface area contributed by atoms with E-state index in [-0.39, 0.29) is 12.4 Å². The Bertz CT molecular complexity index is 559. The molecule has 0 unspecified atom stereocenters. The van der Waals surface area contributed by atoms with E-state index in [9.17, 15) is 8.78 Å². The molecule has 0 radical (unpaired) electrons. The minimum Gasteiger partial charge on any atom is -0.488 e. The molecule has 2 aromatic rings. The van der Waals surface area contributed by atoms with E-state index in [1.807, 2.05) is 0 Å². The third kappa shape index (κ3) is 2.98. The van der Waals surface area contributed by atoms with Crippen LogP contribution < -0.4 is 10.5 Å². The molecule has 0 atom stereocenters. The highest BCUT2D eigenvalue weighted by Gasteiger charge is 2.11. The second kappa shape index (κ2) is 5.34.